The summed E-state index contributed by atoms with van der Waals surface area (Å²) in [5.74, 6) is 0.510. The molecular formula is C26H46OSn. The summed E-state index contributed by atoms with van der Waals surface area (Å²) in [5, 5.41) is 0. The van der Waals surface area contributed by atoms with Crippen molar-refractivity contribution < 1.29 is 4.74 Å². The van der Waals surface area contributed by atoms with Gasteiger partial charge in [0.15, 0.2) is 0 Å². The number of hydrogen-bond acceptors (Lipinski definition) is 1. The predicted octanol–water partition coefficient (Wildman–Crippen LogP) is 8.63. The van der Waals surface area contributed by atoms with Crippen LogP contribution in [0.2, 0.25) is 17.7 Å². The van der Waals surface area contributed by atoms with Crippen molar-refractivity contribution in [3.8, 4) is 0 Å². The minimum atomic E-state index is -2.05. The first-order chi connectivity index (χ1) is 13.5. The Bertz CT molecular complexity index is 501. The van der Waals surface area contributed by atoms with E-state index < -0.39 is 18.4 Å². The van der Waals surface area contributed by atoms with Gasteiger partial charge in [0, 0.05) is 0 Å². The number of benzene rings is 1. The van der Waals surface area contributed by atoms with Gasteiger partial charge in [-0.25, -0.2) is 0 Å². The summed E-state index contributed by atoms with van der Waals surface area (Å²) in [6, 6.07) is 10.5. The van der Waals surface area contributed by atoms with Gasteiger partial charge in [-0.05, 0) is 0 Å². The standard InChI is InChI=1S/C14H19O.3C4H9.Sn/c1-12(2)9-13(3)10-15-11-14-7-5-4-6-8-14;3*1-3-4-2;/h4-9,13H,1,10-11H2,2-3H3;3*1,3-4H2,2H3;/b12-9-;;;;. The molecule has 0 aliphatic heterocycles. The Morgan fingerprint density at radius 1 is 0.929 bits per heavy atom. The number of hydrogen-bond donors (Lipinski definition) is 0. The van der Waals surface area contributed by atoms with E-state index in [2.05, 4.69) is 71.0 Å². The van der Waals surface area contributed by atoms with E-state index in [-0.39, 0.29) is 0 Å². The Hall–Kier alpha value is -0.281. The molecule has 0 fully saturated rings. The van der Waals surface area contributed by atoms with Crippen LogP contribution >= 0.6 is 0 Å². The average molecular weight is 493 g/mol. The van der Waals surface area contributed by atoms with Gasteiger partial charge in [-0.2, -0.15) is 0 Å². The van der Waals surface area contributed by atoms with E-state index in [1.54, 1.807) is 18.9 Å². The van der Waals surface area contributed by atoms with Gasteiger partial charge >= 0.3 is 181 Å². The van der Waals surface area contributed by atoms with Crippen LogP contribution in [0.3, 0.4) is 0 Å². The molecule has 28 heavy (non-hydrogen) atoms. The van der Waals surface area contributed by atoms with Crippen molar-refractivity contribution in [2.75, 3.05) is 6.61 Å². The molecule has 0 heterocycles. The van der Waals surface area contributed by atoms with E-state index in [4.69, 9.17) is 4.74 Å². The van der Waals surface area contributed by atoms with Crippen LogP contribution in [-0.2, 0) is 11.3 Å². The summed E-state index contributed by atoms with van der Waals surface area (Å²) in [4.78, 5) is 0. The Balaban J connectivity index is 2.64. The number of allylic oxidation sites excluding steroid dienone is 1. The molecule has 160 valence electrons. The van der Waals surface area contributed by atoms with Gasteiger partial charge in [-0.15, -0.1) is 0 Å². The molecule has 0 N–H and O–H groups in total. The maximum atomic E-state index is 5.98. The van der Waals surface area contributed by atoms with Crippen molar-refractivity contribution in [3.05, 3.63) is 47.5 Å². The van der Waals surface area contributed by atoms with Gasteiger partial charge in [0.25, 0.3) is 0 Å². The number of unbranched alkanes of at least 4 members (excludes halogenated alkanes) is 3. The summed E-state index contributed by atoms with van der Waals surface area (Å²) in [6.45, 7) is 13.4. The molecule has 0 amide bonds. The molecule has 1 aromatic carbocycles. The van der Waals surface area contributed by atoms with Gasteiger partial charge in [0.2, 0.25) is 0 Å². The van der Waals surface area contributed by atoms with Gasteiger partial charge in [0.1, 0.15) is 0 Å². The molecule has 0 aromatic heterocycles. The van der Waals surface area contributed by atoms with Gasteiger partial charge in [0.05, 0.1) is 0 Å². The van der Waals surface area contributed by atoms with E-state index in [0.717, 1.165) is 13.2 Å². The van der Waals surface area contributed by atoms with Crippen molar-refractivity contribution in [3.63, 3.8) is 0 Å². The Labute approximate surface area is 180 Å². The molecule has 2 heteroatoms. The monoisotopic (exact) mass is 494 g/mol. The van der Waals surface area contributed by atoms with Crippen LogP contribution in [0.25, 0.3) is 0 Å². The Morgan fingerprint density at radius 3 is 1.96 bits per heavy atom. The molecule has 1 atom stereocenters. The van der Waals surface area contributed by atoms with Crippen LogP contribution in [0.15, 0.2) is 42.0 Å². The van der Waals surface area contributed by atoms with Crippen molar-refractivity contribution in [1.82, 2.24) is 0 Å². The third kappa shape index (κ3) is 11.0. The second-order valence-electron chi connectivity index (χ2n) is 8.98. The van der Waals surface area contributed by atoms with E-state index in [1.807, 2.05) is 0 Å². The first kappa shape index (κ1) is 25.8. The molecule has 0 aliphatic carbocycles. The normalized spacial score (nSPS) is 13.7. The quantitative estimate of drug-likeness (QED) is 0.165. The zero-order valence-corrected chi connectivity index (χ0v) is 22.3. The average Bonchev–Trinajstić information content (AvgIpc) is 2.69. The molecular weight excluding hydrogens is 447 g/mol. The van der Waals surface area contributed by atoms with Gasteiger partial charge in [-0.1, -0.05) is 0 Å². The van der Waals surface area contributed by atoms with Crippen LogP contribution in [0.5, 0.6) is 0 Å². The van der Waals surface area contributed by atoms with Crippen LogP contribution < -0.4 is 0 Å². The number of ether oxygens (including phenoxy) is 1. The summed E-state index contributed by atoms with van der Waals surface area (Å²) < 4.78 is 12.3. The summed E-state index contributed by atoms with van der Waals surface area (Å²) in [7, 11) is 0. The van der Waals surface area contributed by atoms with Crippen LogP contribution in [-0.4, -0.2) is 25.0 Å². The van der Waals surface area contributed by atoms with Gasteiger partial charge < -0.3 is 0 Å². The molecule has 0 spiro atoms. The zero-order valence-electron chi connectivity index (χ0n) is 19.4. The second kappa shape index (κ2) is 15.5. The second-order valence-corrected chi connectivity index (χ2v) is 22.8. The SMILES string of the molecule is CCC[CH2][Sn]([CH2]CCC)([CH2]CCC)[CH2]/C(C)=C/C(C)COCc1ccccc1. The fourth-order valence-electron chi connectivity index (χ4n) is 4.42. The molecule has 0 saturated carbocycles. The maximum absolute atomic E-state index is 5.98. The topological polar surface area (TPSA) is 9.23 Å². The first-order valence-electron chi connectivity index (χ1n) is 11.8. The summed E-state index contributed by atoms with van der Waals surface area (Å²) in [5.41, 5.74) is 2.93. The number of rotatable bonds is 16. The van der Waals surface area contributed by atoms with Crippen molar-refractivity contribution in [2.45, 2.75) is 97.5 Å². The van der Waals surface area contributed by atoms with Crippen LogP contribution in [0.1, 0.15) is 78.7 Å². The van der Waals surface area contributed by atoms with E-state index in [0.29, 0.717) is 5.92 Å². The van der Waals surface area contributed by atoms with Gasteiger partial charge in [-0.3, -0.25) is 0 Å². The molecule has 1 unspecified atom stereocenters. The van der Waals surface area contributed by atoms with E-state index in [9.17, 15) is 0 Å². The van der Waals surface area contributed by atoms with Crippen LogP contribution in [0, 0.1) is 5.92 Å². The predicted molar refractivity (Wildman–Crippen MR) is 129 cm³/mol. The molecule has 0 radical (unpaired) electrons. The van der Waals surface area contributed by atoms with Crippen molar-refractivity contribution in [2.24, 2.45) is 5.92 Å². The Kier molecular flexibility index (Phi) is 14.3. The Morgan fingerprint density at radius 2 is 1.46 bits per heavy atom. The third-order valence-electron chi connectivity index (χ3n) is 5.90. The molecule has 1 nitrogen and oxygen atoms in total. The molecule has 0 saturated heterocycles. The van der Waals surface area contributed by atoms with Crippen molar-refractivity contribution >= 4 is 18.4 Å². The minimum absolute atomic E-state index is 0.510. The third-order valence-corrected chi connectivity index (χ3v) is 21.7. The molecule has 1 rings (SSSR count). The first-order valence-corrected chi connectivity index (χ1v) is 19.9. The molecule has 0 aliphatic rings. The van der Waals surface area contributed by atoms with Crippen LogP contribution in [0.4, 0.5) is 0 Å². The molecule has 0 bridgehead atoms. The fourth-order valence-corrected chi connectivity index (χ4v) is 21.2. The van der Waals surface area contributed by atoms with E-state index >= 15 is 0 Å². The molecule has 1 aromatic rings. The van der Waals surface area contributed by atoms with E-state index in [1.165, 1.54) is 48.5 Å². The zero-order chi connectivity index (χ0) is 20.7. The van der Waals surface area contributed by atoms with Crippen molar-refractivity contribution in [1.29, 1.82) is 0 Å². The summed E-state index contributed by atoms with van der Waals surface area (Å²) >= 11 is -2.05. The fraction of sp³-hybridized carbons (Fsp3) is 0.692. The summed E-state index contributed by atoms with van der Waals surface area (Å²) in [6.07, 6.45) is 11.0.